The Kier molecular flexibility index (Phi) is 3.06. The number of carbonyl (C=O) groups excluding carboxylic acids is 1. The predicted octanol–water partition coefficient (Wildman–Crippen LogP) is 1.35. The van der Waals surface area contributed by atoms with Crippen LogP contribution >= 0.6 is 0 Å². The summed E-state index contributed by atoms with van der Waals surface area (Å²) in [5.74, 6) is 0.139. The van der Waals surface area contributed by atoms with E-state index in [1.54, 1.807) is 23.7 Å². The summed E-state index contributed by atoms with van der Waals surface area (Å²) < 4.78 is 6.79. The Balaban J connectivity index is 2.10. The number of esters is 1. The van der Waals surface area contributed by atoms with Crippen molar-refractivity contribution in [3.05, 3.63) is 41.7 Å². The molecule has 0 spiro atoms. The molecule has 0 bridgehead atoms. The van der Waals surface area contributed by atoms with E-state index in [0.29, 0.717) is 12.2 Å². The van der Waals surface area contributed by atoms with Gasteiger partial charge < -0.3 is 15.8 Å². The molecule has 1 aromatic carbocycles. The number of nitrogen functional groups attached to an aromatic ring is 1. The molecule has 7 nitrogen and oxygen atoms in total. The number of nitrogens with one attached hydrogen (secondary N) is 1. The second-order valence-corrected chi connectivity index (χ2v) is 5.07. The molecule has 1 radical (unpaired) electrons. The normalized spacial score (nSPS) is 14.8. The number of rotatable bonds is 2. The van der Waals surface area contributed by atoms with Gasteiger partial charge in [0.15, 0.2) is 11.6 Å². The smallest absolute Gasteiger partial charge is 0.349 e. The van der Waals surface area contributed by atoms with Gasteiger partial charge in [0.25, 0.3) is 0 Å². The third-order valence-corrected chi connectivity index (χ3v) is 3.22. The fourth-order valence-electron chi connectivity index (χ4n) is 2.09. The topological polar surface area (TPSA) is 85.4 Å². The highest BCUT2D eigenvalue weighted by molar-refractivity contribution is 6.02. The molecule has 0 unspecified atom stereocenters. The first-order valence-corrected chi connectivity index (χ1v) is 6.46. The van der Waals surface area contributed by atoms with Crippen molar-refractivity contribution in [2.75, 3.05) is 25.1 Å². The van der Waals surface area contributed by atoms with Gasteiger partial charge in [-0.1, -0.05) is 17.7 Å². The molecule has 0 saturated carbocycles. The minimum absolute atomic E-state index is 0.140. The Bertz CT molecular complexity index is 690. The minimum Gasteiger partial charge on any atom is -0.413 e. The molecule has 21 heavy (non-hydrogen) atoms. The molecule has 0 amide bonds. The second-order valence-electron chi connectivity index (χ2n) is 5.07. The van der Waals surface area contributed by atoms with Crippen molar-refractivity contribution in [2.45, 2.75) is 6.92 Å². The number of cyclic esters (lactones) is 1. The second kappa shape index (κ2) is 4.78. The number of fused-ring (bicyclic) bond motifs is 1. The van der Waals surface area contributed by atoms with Crippen LogP contribution in [0.15, 0.2) is 24.3 Å². The molecular formula is C14H16N5O2. The van der Waals surface area contributed by atoms with Gasteiger partial charge in [-0.2, -0.15) is 0 Å². The van der Waals surface area contributed by atoms with Gasteiger partial charge >= 0.3 is 12.3 Å². The van der Waals surface area contributed by atoms with E-state index in [-0.39, 0.29) is 11.4 Å². The Morgan fingerprint density at radius 3 is 2.57 bits per heavy atom. The lowest BCUT2D eigenvalue weighted by molar-refractivity contribution is 0.0360. The fraction of sp³-hybridized carbons (Fsp3) is 0.214. The number of aryl methyl sites for hydroxylation is 1. The molecule has 109 valence electrons. The third kappa shape index (κ3) is 2.21. The third-order valence-electron chi connectivity index (χ3n) is 3.22. The van der Waals surface area contributed by atoms with Gasteiger partial charge in [0, 0.05) is 0 Å². The largest absolute Gasteiger partial charge is 0.413 e. The van der Waals surface area contributed by atoms with Crippen molar-refractivity contribution in [3.63, 3.8) is 0 Å². The summed E-state index contributed by atoms with van der Waals surface area (Å²) in [5, 5.41) is 7.28. The van der Waals surface area contributed by atoms with Gasteiger partial charge in [-0.05, 0) is 33.2 Å². The number of benzene rings is 1. The van der Waals surface area contributed by atoms with E-state index >= 15 is 0 Å². The van der Waals surface area contributed by atoms with Crippen molar-refractivity contribution in [1.82, 2.24) is 14.7 Å². The van der Waals surface area contributed by atoms with Gasteiger partial charge in [-0.25, -0.2) is 14.4 Å². The van der Waals surface area contributed by atoms with Crippen LogP contribution < -0.4 is 11.1 Å². The molecule has 0 fully saturated rings. The standard InChI is InChI=1S/C14H16N5O2/c1-8-4-6-9(7-5-8)19-12-10(11(15)17-19)13(20)21-14(16-12)18(2)3/h4-7,16H,1-3H3,(H2,15,17). The van der Waals surface area contributed by atoms with Crippen LogP contribution in [-0.4, -0.2) is 34.7 Å². The van der Waals surface area contributed by atoms with Crippen LogP contribution in [0.5, 0.6) is 0 Å². The first-order chi connectivity index (χ1) is 9.97. The molecule has 0 atom stereocenters. The van der Waals surface area contributed by atoms with E-state index in [9.17, 15) is 4.79 Å². The van der Waals surface area contributed by atoms with Crippen LogP contribution in [0, 0.1) is 13.3 Å². The minimum atomic E-state index is -0.511. The van der Waals surface area contributed by atoms with Crippen LogP contribution in [0.1, 0.15) is 15.9 Å². The van der Waals surface area contributed by atoms with Crippen LogP contribution in [0.4, 0.5) is 11.6 Å². The predicted molar refractivity (Wildman–Crippen MR) is 78.7 cm³/mol. The van der Waals surface area contributed by atoms with Crippen molar-refractivity contribution in [1.29, 1.82) is 0 Å². The van der Waals surface area contributed by atoms with Gasteiger partial charge in [-0.15, -0.1) is 5.10 Å². The van der Waals surface area contributed by atoms with Crippen LogP contribution in [-0.2, 0) is 4.74 Å². The monoisotopic (exact) mass is 286 g/mol. The molecule has 0 aliphatic carbocycles. The molecular weight excluding hydrogens is 270 g/mol. The van der Waals surface area contributed by atoms with Crippen molar-refractivity contribution >= 4 is 17.6 Å². The van der Waals surface area contributed by atoms with Crippen molar-refractivity contribution in [3.8, 4) is 5.69 Å². The van der Waals surface area contributed by atoms with E-state index in [0.717, 1.165) is 11.3 Å². The average molecular weight is 286 g/mol. The molecule has 2 heterocycles. The summed E-state index contributed by atoms with van der Waals surface area (Å²) in [7, 11) is 3.55. The van der Waals surface area contributed by atoms with E-state index in [1.165, 1.54) is 0 Å². The highest BCUT2D eigenvalue weighted by Gasteiger charge is 2.35. The number of hydrogen-bond donors (Lipinski definition) is 2. The lowest BCUT2D eigenvalue weighted by Gasteiger charge is -2.27. The zero-order valence-electron chi connectivity index (χ0n) is 12.0. The molecule has 0 saturated heterocycles. The lowest BCUT2D eigenvalue weighted by Crippen LogP contribution is -2.36. The van der Waals surface area contributed by atoms with E-state index in [2.05, 4.69) is 10.4 Å². The van der Waals surface area contributed by atoms with Crippen LogP contribution in [0.25, 0.3) is 5.69 Å². The van der Waals surface area contributed by atoms with Crippen LogP contribution in [0.2, 0.25) is 0 Å². The number of anilines is 2. The van der Waals surface area contributed by atoms with Gasteiger partial charge in [-0.3, -0.25) is 0 Å². The number of nitrogens with zero attached hydrogens (tertiary/aromatic N) is 3. The Hall–Kier alpha value is -2.54. The molecule has 7 heteroatoms. The van der Waals surface area contributed by atoms with E-state index < -0.39 is 5.97 Å². The van der Waals surface area contributed by atoms with Crippen LogP contribution in [0.3, 0.4) is 0 Å². The molecule has 1 aromatic heterocycles. The van der Waals surface area contributed by atoms with Crippen molar-refractivity contribution in [2.24, 2.45) is 0 Å². The highest BCUT2D eigenvalue weighted by Crippen LogP contribution is 2.33. The summed E-state index contributed by atoms with van der Waals surface area (Å²) in [5.41, 5.74) is 8.05. The number of carbonyl (C=O) groups is 1. The van der Waals surface area contributed by atoms with E-state index in [1.807, 2.05) is 31.2 Å². The SMILES string of the molecule is Cc1ccc(-n2nc(N)c3c2N[C](N(C)C)OC3=O)cc1. The number of aromatic nitrogens is 2. The first kappa shape index (κ1) is 13.4. The summed E-state index contributed by atoms with van der Waals surface area (Å²) >= 11 is 0. The quantitative estimate of drug-likeness (QED) is 0.811. The summed E-state index contributed by atoms with van der Waals surface area (Å²) in [4.78, 5) is 13.7. The molecule has 2 aromatic rings. The molecule has 1 aliphatic heterocycles. The number of nitrogens with two attached hydrogens (primary N) is 1. The Labute approximate surface area is 122 Å². The fourth-order valence-corrected chi connectivity index (χ4v) is 2.09. The van der Waals surface area contributed by atoms with Gasteiger partial charge in [0.2, 0.25) is 0 Å². The number of hydrogen-bond acceptors (Lipinski definition) is 6. The lowest BCUT2D eigenvalue weighted by atomic mass is 10.2. The molecule has 3 N–H and O–H groups in total. The zero-order valence-corrected chi connectivity index (χ0v) is 12.0. The van der Waals surface area contributed by atoms with Crippen molar-refractivity contribution < 1.29 is 9.53 Å². The maximum Gasteiger partial charge on any atom is 0.349 e. The maximum atomic E-state index is 12.1. The highest BCUT2D eigenvalue weighted by atomic mass is 16.6. The Morgan fingerprint density at radius 2 is 1.95 bits per heavy atom. The zero-order chi connectivity index (χ0) is 15.1. The maximum absolute atomic E-state index is 12.1. The average Bonchev–Trinajstić information content (AvgIpc) is 2.77. The van der Waals surface area contributed by atoms with E-state index in [4.69, 9.17) is 10.5 Å². The molecule has 3 rings (SSSR count). The Morgan fingerprint density at radius 1 is 1.29 bits per heavy atom. The first-order valence-electron chi connectivity index (χ1n) is 6.46. The number of ether oxygens (including phenoxy) is 1. The molecule has 1 aliphatic rings. The summed E-state index contributed by atoms with van der Waals surface area (Å²) in [6.07, 6.45) is 0.334. The summed E-state index contributed by atoms with van der Waals surface area (Å²) in [6, 6.07) is 7.77. The van der Waals surface area contributed by atoms with Gasteiger partial charge in [0.05, 0.1) is 5.69 Å². The summed E-state index contributed by atoms with van der Waals surface area (Å²) in [6.45, 7) is 2.00. The van der Waals surface area contributed by atoms with Gasteiger partial charge in [0.1, 0.15) is 5.56 Å².